The van der Waals surface area contributed by atoms with Gasteiger partial charge in [-0.05, 0) is 25.0 Å². The Hall–Kier alpha value is -1.25. The molecule has 0 spiro atoms. The predicted molar refractivity (Wildman–Crippen MR) is 57.2 cm³/mol. The number of halogens is 1. The third-order valence-corrected chi connectivity index (χ3v) is 2.70. The van der Waals surface area contributed by atoms with Crippen LogP contribution in [0.25, 0.3) is 0 Å². The van der Waals surface area contributed by atoms with Gasteiger partial charge in [-0.15, -0.1) is 0 Å². The second-order valence-electron chi connectivity index (χ2n) is 3.72. The fraction of sp³-hybridized carbons (Fsp3) is 0.455. The van der Waals surface area contributed by atoms with E-state index >= 15 is 0 Å². The molecule has 0 aliphatic carbocycles. The molecule has 1 aromatic carbocycles. The molecular formula is C11H15FN2. The van der Waals surface area contributed by atoms with E-state index in [0.717, 1.165) is 24.5 Å². The number of benzene rings is 1. The molecular weight excluding hydrogens is 179 g/mol. The minimum atomic E-state index is -0.629. The van der Waals surface area contributed by atoms with Crippen molar-refractivity contribution in [2.24, 2.45) is 0 Å². The summed E-state index contributed by atoms with van der Waals surface area (Å²) in [7, 11) is 0. The van der Waals surface area contributed by atoms with Gasteiger partial charge in [0.25, 0.3) is 0 Å². The number of rotatable bonds is 1. The molecule has 1 fully saturated rings. The van der Waals surface area contributed by atoms with Crippen molar-refractivity contribution in [3.63, 3.8) is 0 Å². The van der Waals surface area contributed by atoms with E-state index in [-0.39, 0.29) is 0 Å². The van der Waals surface area contributed by atoms with Crippen LogP contribution in [0.3, 0.4) is 0 Å². The van der Waals surface area contributed by atoms with Crippen LogP contribution in [0.1, 0.15) is 12.8 Å². The number of anilines is 2. The van der Waals surface area contributed by atoms with Gasteiger partial charge in [-0.2, -0.15) is 0 Å². The SMILES string of the molecule is Nc1ccccc1N1CCC(F)CC1. The zero-order valence-electron chi connectivity index (χ0n) is 8.12. The lowest BCUT2D eigenvalue weighted by molar-refractivity contribution is 0.277. The average molecular weight is 194 g/mol. The maximum absolute atomic E-state index is 12.9. The number of nitrogens with zero attached hydrogens (tertiary/aromatic N) is 1. The second kappa shape index (κ2) is 3.86. The van der Waals surface area contributed by atoms with Crippen molar-refractivity contribution in [3.05, 3.63) is 24.3 Å². The number of alkyl halides is 1. The van der Waals surface area contributed by atoms with Crippen LogP contribution in [0.15, 0.2) is 24.3 Å². The third kappa shape index (κ3) is 1.81. The molecule has 1 saturated heterocycles. The van der Waals surface area contributed by atoms with E-state index in [1.807, 2.05) is 24.3 Å². The second-order valence-corrected chi connectivity index (χ2v) is 3.72. The lowest BCUT2D eigenvalue weighted by Gasteiger charge is -2.31. The van der Waals surface area contributed by atoms with Crippen LogP contribution in [-0.2, 0) is 0 Å². The van der Waals surface area contributed by atoms with E-state index in [1.54, 1.807) is 0 Å². The number of hydrogen-bond acceptors (Lipinski definition) is 2. The predicted octanol–water partition coefficient (Wildman–Crippen LogP) is 2.21. The van der Waals surface area contributed by atoms with Crippen LogP contribution in [0, 0.1) is 0 Å². The summed E-state index contributed by atoms with van der Waals surface area (Å²) >= 11 is 0. The molecule has 1 heterocycles. The standard InChI is InChI=1S/C11H15FN2/c12-9-5-7-14(8-6-9)11-4-2-1-3-10(11)13/h1-4,9H,5-8,13H2. The highest BCUT2D eigenvalue weighted by molar-refractivity contribution is 5.67. The molecule has 3 heteroatoms. The van der Waals surface area contributed by atoms with Crippen molar-refractivity contribution in [1.82, 2.24) is 0 Å². The van der Waals surface area contributed by atoms with Crippen molar-refractivity contribution in [1.29, 1.82) is 0 Å². The van der Waals surface area contributed by atoms with Crippen molar-refractivity contribution < 1.29 is 4.39 Å². The molecule has 2 rings (SSSR count). The summed E-state index contributed by atoms with van der Waals surface area (Å²) in [6, 6.07) is 7.76. The smallest absolute Gasteiger partial charge is 0.103 e. The van der Waals surface area contributed by atoms with Gasteiger partial charge in [0, 0.05) is 13.1 Å². The van der Waals surface area contributed by atoms with Crippen LogP contribution in [0.5, 0.6) is 0 Å². The molecule has 1 aliphatic heterocycles. The molecule has 0 amide bonds. The maximum atomic E-state index is 12.9. The molecule has 0 aromatic heterocycles. The fourth-order valence-corrected chi connectivity index (χ4v) is 1.86. The molecule has 1 aromatic rings. The Kier molecular flexibility index (Phi) is 2.57. The van der Waals surface area contributed by atoms with Crippen LogP contribution in [0.2, 0.25) is 0 Å². The van der Waals surface area contributed by atoms with Gasteiger partial charge >= 0.3 is 0 Å². The molecule has 76 valence electrons. The molecule has 2 nitrogen and oxygen atoms in total. The lowest BCUT2D eigenvalue weighted by atomic mass is 10.1. The van der Waals surface area contributed by atoms with Crippen molar-refractivity contribution in [2.45, 2.75) is 19.0 Å². The minimum absolute atomic E-state index is 0.619. The monoisotopic (exact) mass is 194 g/mol. The topological polar surface area (TPSA) is 29.3 Å². The highest BCUT2D eigenvalue weighted by Gasteiger charge is 2.19. The van der Waals surface area contributed by atoms with Gasteiger partial charge in [-0.25, -0.2) is 4.39 Å². The molecule has 2 N–H and O–H groups in total. The van der Waals surface area contributed by atoms with E-state index in [2.05, 4.69) is 4.90 Å². The summed E-state index contributed by atoms with van der Waals surface area (Å²) in [4.78, 5) is 2.16. The number of para-hydroxylation sites is 2. The fourth-order valence-electron chi connectivity index (χ4n) is 1.86. The molecule has 0 saturated carbocycles. The highest BCUT2D eigenvalue weighted by Crippen LogP contribution is 2.26. The van der Waals surface area contributed by atoms with Gasteiger partial charge < -0.3 is 10.6 Å². The Bertz CT molecular complexity index is 306. The lowest BCUT2D eigenvalue weighted by Crippen LogP contribution is -2.34. The van der Waals surface area contributed by atoms with E-state index in [1.165, 1.54) is 0 Å². The van der Waals surface area contributed by atoms with Gasteiger partial charge in [0.2, 0.25) is 0 Å². The minimum Gasteiger partial charge on any atom is -0.397 e. The Morgan fingerprint density at radius 3 is 2.50 bits per heavy atom. The number of nitrogens with two attached hydrogens (primary N) is 1. The first-order valence-electron chi connectivity index (χ1n) is 5.01. The molecule has 0 unspecified atom stereocenters. The number of hydrogen-bond donors (Lipinski definition) is 1. The quantitative estimate of drug-likeness (QED) is 0.694. The van der Waals surface area contributed by atoms with E-state index in [0.29, 0.717) is 12.8 Å². The van der Waals surface area contributed by atoms with Gasteiger partial charge in [0.15, 0.2) is 0 Å². The van der Waals surface area contributed by atoms with Crippen LogP contribution < -0.4 is 10.6 Å². The summed E-state index contributed by atoms with van der Waals surface area (Å²) in [5.74, 6) is 0. The first-order valence-corrected chi connectivity index (χ1v) is 5.01. The molecule has 1 aliphatic rings. The van der Waals surface area contributed by atoms with Gasteiger partial charge in [-0.1, -0.05) is 12.1 Å². The van der Waals surface area contributed by atoms with E-state index < -0.39 is 6.17 Å². The normalized spacial score (nSPS) is 18.5. The maximum Gasteiger partial charge on any atom is 0.103 e. The van der Waals surface area contributed by atoms with Crippen molar-refractivity contribution in [3.8, 4) is 0 Å². The average Bonchev–Trinajstić information content (AvgIpc) is 2.20. The number of piperidine rings is 1. The van der Waals surface area contributed by atoms with Crippen LogP contribution in [-0.4, -0.2) is 19.3 Å². The van der Waals surface area contributed by atoms with Crippen LogP contribution in [0.4, 0.5) is 15.8 Å². The molecule has 0 atom stereocenters. The largest absolute Gasteiger partial charge is 0.397 e. The van der Waals surface area contributed by atoms with Gasteiger partial charge in [-0.3, -0.25) is 0 Å². The molecule has 0 bridgehead atoms. The first-order chi connectivity index (χ1) is 6.77. The van der Waals surface area contributed by atoms with Crippen molar-refractivity contribution >= 4 is 11.4 Å². The first kappa shape index (κ1) is 9.31. The van der Waals surface area contributed by atoms with Crippen molar-refractivity contribution in [2.75, 3.05) is 23.7 Å². The third-order valence-electron chi connectivity index (χ3n) is 2.70. The summed E-state index contributed by atoms with van der Waals surface area (Å²) < 4.78 is 12.9. The summed E-state index contributed by atoms with van der Waals surface area (Å²) in [5, 5.41) is 0. The van der Waals surface area contributed by atoms with E-state index in [9.17, 15) is 4.39 Å². The number of nitrogen functional groups attached to an aromatic ring is 1. The van der Waals surface area contributed by atoms with Crippen LogP contribution >= 0.6 is 0 Å². The Morgan fingerprint density at radius 2 is 1.86 bits per heavy atom. The Balaban J connectivity index is 2.12. The summed E-state index contributed by atoms with van der Waals surface area (Å²) in [5.41, 5.74) is 7.67. The van der Waals surface area contributed by atoms with E-state index in [4.69, 9.17) is 5.73 Å². The zero-order valence-corrected chi connectivity index (χ0v) is 8.12. The summed E-state index contributed by atoms with van der Waals surface area (Å²) in [6.07, 6.45) is 0.610. The van der Waals surface area contributed by atoms with Gasteiger partial charge in [0.05, 0.1) is 11.4 Å². The zero-order chi connectivity index (χ0) is 9.97. The van der Waals surface area contributed by atoms with Gasteiger partial charge in [0.1, 0.15) is 6.17 Å². The Morgan fingerprint density at radius 1 is 1.21 bits per heavy atom. The molecule has 14 heavy (non-hydrogen) atoms. The molecule has 0 radical (unpaired) electrons. The summed E-state index contributed by atoms with van der Waals surface area (Å²) in [6.45, 7) is 1.55. The Labute approximate surface area is 83.5 Å². The highest BCUT2D eigenvalue weighted by atomic mass is 19.1.